The SMILES string of the molecule is Cc1ccc(S(=O)(=O)N(C)C(C)(C)CO)c(N)c1. The van der Waals surface area contributed by atoms with E-state index in [1.54, 1.807) is 26.0 Å². The lowest BCUT2D eigenvalue weighted by Crippen LogP contribution is -2.47. The number of aliphatic hydroxyl groups excluding tert-OH is 1. The molecule has 0 aliphatic rings. The molecule has 0 aliphatic heterocycles. The van der Waals surface area contributed by atoms with E-state index in [4.69, 9.17) is 5.73 Å². The Morgan fingerprint density at radius 1 is 1.39 bits per heavy atom. The fraction of sp³-hybridized carbons (Fsp3) is 0.500. The number of rotatable bonds is 4. The van der Waals surface area contributed by atoms with Crippen LogP contribution < -0.4 is 5.73 Å². The zero-order valence-electron chi connectivity index (χ0n) is 11.1. The van der Waals surface area contributed by atoms with Crippen molar-refractivity contribution >= 4 is 15.7 Å². The van der Waals surface area contributed by atoms with Crippen molar-refractivity contribution in [3.63, 3.8) is 0 Å². The number of aryl methyl sites for hydroxylation is 1. The average Bonchev–Trinajstić information content (AvgIpc) is 2.27. The van der Waals surface area contributed by atoms with Crippen LogP contribution in [-0.2, 0) is 10.0 Å². The average molecular weight is 272 g/mol. The molecule has 0 fully saturated rings. The van der Waals surface area contributed by atoms with Crippen LogP contribution in [0.4, 0.5) is 5.69 Å². The Kier molecular flexibility index (Phi) is 4.05. The predicted molar refractivity (Wildman–Crippen MR) is 71.7 cm³/mol. The highest BCUT2D eigenvalue weighted by Crippen LogP contribution is 2.27. The van der Waals surface area contributed by atoms with E-state index >= 15 is 0 Å². The Hall–Kier alpha value is -1.11. The van der Waals surface area contributed by atoms with E-state index in [0.717, 1.165) is 9.87 Å². The molecule has 0 saturated heterocycles. The monoisotopic (exact) mass is 272 g/mol. The Morgan fingerprint density at radius 2 is 1.94 bits per heavy atom. The van der Waals surface area contributed by atoms with Crippen LogP contribution in [0.3, 0.4) is 0 Å². The third kappa shape index (κ3) is 2.66. The molecule has 1 aromatic carbocycles. The molecule has 0 unspecified atom stereocenters. The molecule has 0 bridgehead atoms. The number of sulfonamides is 1. The molecule has 3 N–H and O–H groups in total. The van der Waals surface area contributed by atoms with Gasteiger partial charge < -0.3 is 10.8 Å². The molecule has 0 heterocycles. The second-order valence-electron chi connectivity index (χ2n) is 4.98. The van der Waals surface area contributed by atoms with E-state index in [-0.39, 0.29) is 17.2 Å². The maximum absolute atomic E-state index is 12.4. The van der Waals surface area contributed by atoms with Crippen LogP contribution >= 0.6 is 0 Å². The smallest absolute Gasteiger partial charge is 0.245 e. The molecule has 0 saturated carbocycles. The van der Waals surface area contributed by atoms with Gasteiger partial charge in [0.1, 0.15) is 4.90 Å². The highest BCUT2D eigenvalue weighted by molar-refractivity contribution is 7.89. The van der Waals surface area contributed by atoms with E-state index < -0.39 is 15.6 Å². The molecular weight excluding hydrogens is 252 g/mol. The number of anilines is 1. The molecule has 0 atom stereocenters. The van der Waals surface area contributed by atoms with Gasteiger partial charge in [-0.3, -0.25) is 0 Å². The van der Waals surface area contributed by atoms with Gasteiger partial charge in [-0.2, -0.15) is 4.31 Å². The predicted octanol–water partition coefficient (Wildman–Crippen LogP) is 0.969. The molecule has 1 rings (SSSR count). The summed E-state index contributed by atoms with van der Waals surface area (Å²) in [6.07, 6.45) is 0. The minimum Gasteiger partial charge on any atom is -0.398 e. The summed E-state index contributed by atoms with van der Waals surface area (Å²) in [6.45, 7) is 4.87. The van der Waals surface area contributed by atoms with Crippen molar-refractivity contribution in [1.29, 1.82) is 0 Å². The fourth-order valence-corrected chi connectivity index (χ4v) is 3.08. The van der Waals surface area contributed by atoms with E-state index in [2.05, 4.69) is 0 Å². The van der Waals surface area contributed by atoms with Gasteiger partial charge in [0.2, 0.25) is 10.0 Å². The first-order chi connectivity index (χ1) is 8.13. The lowest BCUT2D eigenvalue weighted by atomic mass is 10.1. The molecule has 18 heavy (non-hydrogen) atoms. The molecule has 102 valence electrons. The van der Waals surface area contributed by atoms with E-state index in [1.807, 2.05) is 6.92 Å². The molecule has 1 aromatic rings. The summed E-state index contributed by atoms with van der Waals surface area (Å²) in [5, 5.41) is 9.25. The first-order valence-corrected chi connectivity index (χ1v) is 7.03. The van der Waals surface area contributed by atoms with Gasteiger partial charge in [0, 0.05) is 7.05 Å². The van der Waals surface area contributed by atoms with Crippen molar-refractivity contribution in [2.75, 3.05) is 19.4 Å². The first-order valence-electron chi connectivity index (χ1n) is 5.59. The number of nitrogen functional groups attached to an aromatic ring is 1. The van der Waals surface area contributed by atoms with Gasteiger partial charge >= 0.3 is 0 Å². The number of likely N-dealkylation sites (N-methyl/N-ethyl adjacent to an activating group) is 1. The molecule has 0 aliphatic carbocycles. The normalized spacial score (nSPS) is 13.0. The topological polar surface area (TPSA) is 83.6 Å². The van der Waals surface area contributed by atoms with Crippen molar-refractivity contribution < 1.29 is 13.5 Å². The van der Waals surface area contributed by atoms with Gasteiger partial charge in [0.15, 0.2) is 0 Å². The van der Waals surface area contributed by atoms with Gasteiger partial charge in [0.25, 0.3) is 0 Å². The number of nitrogens with two attached hydrogens (primary N) is 1. The lowest BCUT2D eigenvalue weighted by Gasteiger charge is -2.33. The highest BCUT2D eigenvalue weighted by atomic mass is 32.2. The van der Waals surface area contributed by atoms with Crippen molar-refractivity contribution in [1.82, 2.24) is 4.31 Å². The number of hydrogen-bond acceptors (Lipinski definition) is 4. The molecule has 0 radical (unpaired) electrons. The Balaban J connectivity index is 3.30. The number of nitrogens with zero attached hydrogens (tertiary/aromatic N) is 1. The summed E-state index contributed by atoms with van der Waals surface area (Å²) in [5.41, 5.74) is 6.00. The van der Waals surface area contributed by atoms with Crippen molar-refractivity contribution in [2.45, 2.75) is 31.2 Å². The van der Waals surface area contributed by atoms with Crippen molar-refractivity contribution in [3.8, 4) is 0 Å². The van der Waals surface area contributed by atoms with Crippen LogP contribution in [0.5, 0.6) is 0 Å². The lowest BCUT2D eigenvalue weighted by molar-refractivity contribution is 0.138. The summed E-state index contributed by atoms with van der Waals surface area (Å²) in [7, 11) is -2.27. The molecule has 5 nitrogen and oxygen atoms in total. The quantitative estimate of drug-likeness (QED) is 0.800. The van der Waals surface area contributed by atoms with Crippen LogP contribution in [0.15, 0.2) is 23.1 Å². The van der Waals surface area contributed by atoms with Crippen LogP contribution in [-0.4, -0.2) is 37.0 Å². The second-order valence-corrected chi connectivity index (χ2v) is 6.92. The Bertz CT molecular complexity index is 538. The molecular formula is C12H20N2O3S. The van der Waals surface area contributed by atoms with Gasteiger partial charge in [-0.1, -0.05) is 6.07 Å². The van der Waals surface area contributed by atoms with Crippen molar-refractivity contribution in [3.05, 3.63) is 23.8 Å². The Labute approximate surface area is 108 Å². The van der Waals surface area contributed by atoms with Crippen LogP contribution in [0, 0.1) is 6.92 Å². The second kappa shape index (κ2) is 4.87. The number of hydrogen-bond donors (Lipinski definition) is 2. The Morgan fingerprint density at radius 3 is 2.39 bits per heavy atom. The van der Waals surface area contributed by atoms with E-state index in [9.17, 15) is 13.5 Å². The number of benzene rings is 1. The zero-order valence-corrected chi connectivity index (χ0v) is 12.0. The molecule has 6 heteroatoms. The maximum Gasteiger partial charge on any atom is 0.245 e. The van der Waals surface area contributed by atoms with Crippen LogP contribution in [0.2, 0.25) is 0 Å². The minimum absolute atomic E-state index is 0.0668. The van der Waals surface area contributed by atoms with Gasteiger partial charge in [0.05, 0.1) is 17.8 Å². The van der Waals surface area contributed by atoms with Crippen molar-refractivity contribution in [2.24, 2.45) is 0 Å². The largest absolute Gasteiger partial charge is 0.398 e. The van der Waals surface area contributed by atoms with E-state index in [1.165, 1.54) is 13.1 Å². The molecule has 0 amide bonds. The standard InChI is InChI=1S/C12H20N2O3S/c1-9-5-6-11(10(13)7-9)18(16,17)14(4)12(2,3)8-15/h5-7,15H,8,13H2,1-4H3. The highest BCUT2D eigenvalue weighted by Gasteiger charge is 2.34. The van der Waals surface area contributed by atoms with Gasteiger partial charge in [-0.15, -0.1) is 0 Å². The van der Waals surface area contributed by atoms with Gasteiger partial charge in [-0.05, 0) is 38.5 Å². The van der Waals surface area contributed by atoms with Crippen LogP contribution in [0.25, 0.3) is 0 Å². The number of aliphatic hydroxyl groups is 1. The molecule has 0 aromatic heterocycles. The summed E-state index contributed by atoms with van der Waals surface area (Å²) in [4.78, 5) is 0.0668. The fourth-order valence-electron chi connectivity index (χ4n) is 1.48. The third-order valence-electron chi connectivity index (χ3n) is 3.04. The zero-order chi connectivity index (χ0) is 14.1. The maximum atomic E-state index is 12.4. The summed E-state index contributed by atoms with van der Waals surface area (Å²) in [6, 6.07) is 4.81. The van der Waals surface area contributed by atoms with Crippen LogP contribution in [0.1, 0.15) is 19.4 Å². The summed E-state index contributed by atoms with van der Waals surface area (Å²) >= 11 is 0. The first kappa shape index (κ1) is 14.9. The van der Waals surface area contributed by atoms with E-state index in [0.29, 0.717) is 0 Å². The summed E-state index contributed by atoms with van der Waals surface area (Å²) in [5.74, 6) is 0. The summed E-state index contributed by atoms with van der Waals surface area (Å²) < 4.78 is 25.9. The van der Waals surface area contributed by atoms with Gasteiger partial charge in [-0.25, -0.2) is 8.42 Å². The molecule has 0 spiro atoms. The minimum atomic E-state index is -3.71. The third-order valence-corrected chi connectivity index (χ3v) is 5.19.